The first-order valence-corrected chi connectivity index (χ1v) is 5.15. The maximum Gasteiger partial charge on any atom is 0.0248 e. The van der Waals surface area contributed by atoms with E-state index in [4.69, 9.17) is 5.73 Å². The lowest BCUT2D eigenvalue weighted by Gasteiger charge is -2.10. The lowest BCUT2D eigenvalue weighted by atomic mass is 10.0. The van der Waals surface area contributed by atoms with Crippen molar-refractivity contribution < 1.29 is 0 Å². The van der Waals surface area contributed by atoms with E-state index in [9.17, 15) is 0 Å². The lowest BCUT2D eigenvalue weighted by Crippen LogP contribution is -2.20. The van der Waals surface area contributed by atoms with Gasteiger partial charge in [-0.15, -0.1) is 0 Å². The van der Waals surface area contributed by atoms with Crippen LogP contribution in [0.5, 0.6) is 0 Å². The topological polar surface area (TPSA) is 26.0 Å². The van der Waals surface area contributed by atoms with Crippen LogP contribution in [0.3, 0.4) is 0 Å². The van der Waals surface area contributed by atoms with Crippen molar-refractivity contribution in [3.05, 3.63) is 48.0 Å². The van der Waals surface area contributed by atoms with Crippen molar-refractivity contribution in [3.63, 3.8) is 0 Å². The summed E-state index contributed by atoms with van der Waals surface area (Å²) < 4.78 is 0. The van der Waals surface area contributed by atoms with Gasteiger partial charge in [-0.1, -0.05) is 42.5 Å². The first-order chi connectivity index (χ1) is 6.70. The van der Waals surface area contributed by atoms with Crippen molar-refractivity contribution in [3.8, 4) is 0 Å². The molecule has 1 atom stereocenters. The van der Waals surface area contributed by atoms with E-state index in [0.29, 0.717) is 0 Å². The minimum absolute atomic E-state index is 0.165. The predicted molar refractivity (Wildman–Crippen MR) is 62.2 cm³/mol. The van der Waals surface area contributed by atoms with Gasteiger partial charge in [0.15, 0.2) is 0 Å². The van der Waals surface area contributed by atoms with E-state index >= 15 is 0 Å². The van der Waals surface area contributed by atoms with E-state index in [1.54, 1.807) is 0 Å². The average molecular weight is 189 g/mol. The van der Waals surface area contributed by atoms with Crippen LogP contribution in [0, 0.1) is 0 Å². The van der Waals surface area contributed by atoms with Crippen molar-refractivity contribution in [2.75, 3.05) is 0 Å². The van der Waals surface area contributed by atoms with Gasteiger partial charge in [0, 0.05) is 6.04 Å². The molecule has 0 aliphatic rings. The monoisotopic (exact) mass is 189 g/mol. The number of nitrogens with two attached hydrogens (primary N) is 1. The summed E-state index contributed by atoms with van der Waals surface area (Å²) in [4.78, 5) is 0. The molecule has 0 aliphatic carbocycles. The minimum Gasteiger partial charge on any atom is -0.324 e. The average Bonchev–Trinajstić information content (AvgIpc) is 2.19. The third-order valence-electron chi connectivity index (χ3n) is 2.46. The van der Waals surface area contributed by atoms with Gasteiger partial charge in [-0.25, -0.2) is 0 Å². The van der Waals surface area contributed by atoms with Gasteiger partial charge in [0.25, 0.3) is 0 Å². The summed E-state index contributed by atoms with van der Waals surface area (Å²) in [5, 5.41) is 0. The van der Waals surface area contributed by atoms with Gasteiger partial charge in [0.05, 0.1) is 0 Å². The fraction of sp³-hybridized carbons (Fsp3) is 0.385. The fourth-order valence-corrected chi connectivity index (χ4v) is 1.42. The highest BCUT2D eigenvalue weighted by Crippen LogP contribution is 2.08. The molecule has 1 aromatic carbocycles. The molecule has 1 heteroatoms. The van der Waals surface area contributed by atoms with Gasteiger partial charge in [-0.05, 0) is 31.7 Å². The Morgan fingerprint density at radius 2 is 2.00 bits per heavy atom. The van der Waals surface area contributed by atoms with Crippen LogP contribution < -0.4 is 5.73 Å². The van der Waals surface area contributed by atoms with Crippen LogP contribution >= 0.6 is 0 Å². The number of hydrogen-bond donors (Lipinski definition) is 1. The Kier molecular flexibility index (Phi) is 4.41. The van der Waals surface area contributed by atoms with Crippen LogP contribution in [-0.2, 0) is 6.42 Å². The molecule has 1 rings (SSSR count). The van der Waals surface area contributed by atoms with Crippen LogP contribution in [0.2, 0.25) is 0 Å². The molecular weight excluding hydrogens is 170 g/mol. The third-order valence-corrected chi connectivity index (χ3v) is 2.46. The highest BCUT2D eigenvalue weighted by Gasteiger charge is 2.01. The van der Waals surface area contributed by atoms with Gasteiger partial charge < -0.3 is 5.73 Å². The predicted octanol–water partition coefficient (Wildman–Crippen LogP) is 2.91. The summed E-state index contributed by atoms with van der Waals surface area (Å²) in [7, 11) is 0. The van der Waals surface area contributed by atoms with Crippen LogP contribution in [0.4, 0.5) is 0 Å². The molecule has 0 radical (unpaired) electrons. The molecule has 0 aliphatic heterocycles. The van der Waals surface area contributed by atoms with E-state index in [0.717, 1.165) is 24.8 Å². The van der Waals surface area contributed by atoms with Gasteiger partial charge in [-0.3, -0.25) is 0 Å². The van der Waals surface area contributed by atoms with E-state index in [1.807, 2.05) is 13.0 Å². The Bertz CT molecular complexity index is 277. The maximum atomic E-state index is 5.88. The zero-order valence-electron chi connectivity index (χ0n) is 8.87. The van der Waals surface area contributed by atoms with Crippen LogP contribution in [0.15, 0.2) is 42.5 Å². The van der Waals surface area contributed by atoms with E-state index in [-0.39, 0.29) is 6.04 Å². The molecule has 0 spiro atoms. The second-order valence-corrected chi connectivity index (χ2v) is 3.83. The molecular formula is C13H19N. The number of rotatable bonds is 5. The molecule has 1 nitrogen and oxygen atoms in total. The Labute approximate surface area is 86.6 Å². The second-order valence-electron chi connectivity index (χ2n) is 3.83. The summed E-state index contributed by atoms with van der Waals surface area (Å²) in [6.45, 7) is 5.85. The second kappa shape index (κ2) is 5.61. The SMILES string of the molecule is C=C(C)C(N)CCCc1ccccc1. The Morgan fingerprint density at radius 1 is 1.36 bits per heavy atom. The molecule has 0 saturated carbocycles. The summed E-state index contributed by atoms with van der Waals surface area (Å²) >= 11 is 0. The summed E-state index contributed by atoms with van der Waals surface area (Å²) in [5.41, 5.74) is 8.35. The first kappa shape index (κ1) is 11.0. The molecule has 0 fully saturated rings. The van der Waals surface area contributed by atoms with Crippen LogP contribution in [-0.4, -0.2) is 6.04 Å². The normalized spacial score (nSPS) is 12.4. The van der Waals surface area contributed by atoms with Crippen molar-refractivity contribution in [2.45, 2.75) is 32.2 Å². The van der Waals surface area contributed by atoms with Crippen molar-refractivity contribution in [1.82, 2.24) is 0 Å². The standard InChI is InChI=1S/C13H19N/c1-11(2)13(14)10-6-9-12-7-4-3-5-8-12/h3-5,7-8,13H,1,6,9-10,14H2,2H3. The highest BCUT2D eigenvalue weighted by atomic mass is 14.6. The zero-order chi connectivity index (χ0) is 10.4. The Morgan fingerprint density at radius 3 is 2.57 bits per heavy atom. The molecule has 0 amide bonds. The maximum absolute atomic E-state index is 5.88. The zero-order valence-corrected chi connectivity index (χ0v) is 8.87. The van der Waals surface area contributed by atoms with Crippen LogP contribution in [0.25, 0.3) is 0 Å². The molecule has 1 aromatic rings. The van der Waals surface area contributed by atoms with E-state index in [1.165, 1.54) is 5.56 Å². The number of aryl methyl sites for hydroxylation is 1. The molecule has 76 valence electrons. The lowest BCUT2D eigenvalue weighted by molar-refractivity contribution is 0.644. The van der Waals surface area contributed by atoms with Gasteiger partial charge in [0.2, 0.25) is 0 Å². The summed E-state index contributed by atoms with van der Waals surface area (Å²) in [5.74, 6) is 0. The van der Waals surface area contributed by atoms with Crippen molar-refractivity contribution >= 4 is 0 Å². The smallest absolute Gasteiger partial charge is 0.0248 e. The number of hydrogen-bond acceptors (Lipinski definition) is 1. The Balaban J connectivity index is 2.26. The first-order valence-electron chi connectivity index (χ1n) is 5.15. The molecule has 0 heterocycles. The van der Waals surface area contributed by atoms with Crippen LogP contribution in [0.1, 0.15) is 25.3 Å². The third kappa shape index (κ3) is 3.75. The van der Waals surface area contributed by atoms with Gasteiger partial charge in [0.1, 0.15) is 0 Å². The minimum atomic E-state index is 0.165. The molecule has 0 aromatic heterocycles. The van der Waals surface area contributed by atoms with Gasteiger partial charge >= 0.3 is 0 Å². The molecule has 0 bridgehead atoms. The molecule has 14 heavy (non-hydrogen) atoms. The van der Waals surface area contributed by atoms with Crippen molar-refractivity contribution in [1.29, 1.82) is 0 Å². The number of benzene rings is 1. The summed E-state index contributed by atoms with van der Waals surface area (Å²) in [6.07, 6.45) is 3.28. The quantitative estimate of drug-likeness (QED) is 0.708. The molecule has 1 unspecified atom stereocenters. The Hall–Kier alpha value is -1.08. The highest BCUT2D eigenvalue weighted by molar-refractivity contribution is 5.14. The van der Waals surface area contributed by atoms with E-state index < -0.39 is 0 Å². The largest absolute Gasteiger partial charge is 0.324 e. The fourth-order valence-electron chi connectivity index (χ4n) is 1.42. The van der Waals surface area contributed by atoms with E-state index in [2.05, 4.69) is 30.8 Å². The molecule has 2 N–H and O–H groups in total. The molecule has 0 saturated heterocycles. The van der Waals surface area contributed by atoms with Crippen molar-refractivity contribution in [2.24, 2.45) is 5.73 Å². The summed E-state index contributed by atoms with van der Waals surface area (Å²) in [6, 6.07) is 10.7. The van der Waals surface area contributed by atoms with Gasteiger partial charge in [-0.2, -0.15) is 0 Å².